The zero-order valence-corrected chi connectivity index (χ0v) is 15.4. The van der Waals surface area contributed by atoms with E-state index in [-0.39, 0.29) is 11.8 Å². The van der Waals surface area contributed by atoms with Gasteiger partial charge in [-0.1, -0.05) is 12.1 Å². The number of nitrogens with one attached hydrogen (secondary N) is 1. The first kappa shape index (κ1) is 18.0. The highest BCUT2D eigenvalue weighted by Gasteiger charge is 2.34. The topological polar surface area (TPSA) is 78.5 Å². The van der Waals surface area contributed by atoms with Crippen LogP contribution in [0.5, 0.6) is 5.75 Å². The largest absolute Gasteiger partial charge is 0.493 e. The molecule has 1 atom stereocenters. The van der Waals surface area contributed by atoms with E-state index < -0.39 is 6.04 Å². The Labute approximate surface area is 152 Å². The first-order chi connectivity index (χ1) is 12.6. The maximum Gasteiger partial charge on any atom is 0.272 e. The third-order valence-corrected chi connectivity index (χ3v) is 4.66. The third kappa shape index (κ3) is 3.29. The van der Waals surface area contributed by atoms with Gasteiger partial charge in [0.15, 0.2) is 0 Å². The quantitative estimate of drug-likeness (QED) is 0.890. The SMILES string of the molecule is CCOc1ccccc1-c1cc(C(=O)N2CCN(CC)C(=O)C2C)[nH]n1. The Bertz CT molecular complexity index is 802. The van der Waals surface area contributed by atoms with Gasteiger partial charge in [-0.25, -0.2) is 0 Å². The third-order valence-electron chi connectivity index (χ3n) is 4.66. The Kier molecular flexibility index (Phi) is 5.25. The molecule has 0 aliphatic carbocycles. The summed E-state index contributed by atoms with van der Waals surface area (Å²) in [4.78, 5) is 28.6. The molecule has 1 unspecified atom stereocenters. The molecule has 2 heterocycles. The van der Waals surface area contributed by atoms with E-state index in [1.165, 1.54) is 0 Å². The zero-order chi connectivity index (χ0) is 18.7. The molecule has 1 aromatic carbocycles. The minimum Gasteiger partial charge on any atom is -0.493 e. The molecule has 0 saturated carbocycles. The maximum absolute atomic E-state index is 12.9. The predicted molar refractivity (Wildman–Crippen MR) is 97.9 cm³/mol. The minimum atomic E-state index is -0.473. The van der Waals surface area contributed by atoms with E-state index in [4.69, 9.17) is 4.74 Å². The highest BCUT2D eigenvalue weighted by atomic mass is 16.5. The highest BCUT2D eigenvalue weighted by Crippen LogP contribution is 2.29. The van der Waals surface area contributed by atoms with Gasteiger partial charge in [-0.05, 0) is 39.0 Å². The van der Waals surface area contributed by atoms with Crippen LogP contribution in [0.1, 0.15) is 31.3 Å². The summed E-state index contributed by atoms with van der Waals surface area (Å²) < 4.78 is 5.63. The van der Waals surface area contributed by atoms with Crippen LogP contribution in [0.3, 0.4) is 0 Å². The van der Waals surface area contributed by atoms with Gasteiger partial charge in [0, 0.05) is 25.2 Å². The number of hydrogen-bond donors (Lipinski definition) is 1. The number of carbonyl (C=O) groups excluding carboxylic acids is 2. The number of H-pyrrole nitrogens is 1. The van der Waals surface area contributed by atoms with Crippen LogP contribution in [0.25, 0.3) is 11.3 Å². The van der Waals surface area contributed by atoms with Crippen LogP contribution in [0.4, 0.5) is 0 Å². The lowest BCUT2D eigenvalue weighted by molar-refractivity contribution is -0.139. The maximum atomic E-state index is 12.9. The molecule has 1 aromatic heterocycles. The molecule has 7 heteroatoms. The first-order valence-corrected chi connectivity index (χ1v) is 8.94. The Morgan fingerprint density at radius 1 is 1.31 bits per heavy atom. The Morgan fingerprint density at radius 2 is 2.08 bits per heavy atom. The summed E-state index contributed by atoms with van der Waals surface area (Å²) in [6, 6.07) is 8.82. The van der Waals surface area contributed by atoms with Crippen molar-refractivity contribution in [3.05, 3.63) is 36.0 Å². The van der Waals surface area contributed by atoms with E-state index in [1.807, 2.05) is 38.1 Å². The molecular formula is C19H24N4O3. The minimum absolute atomic E-state index is 0.0199. The predicted octanol–water partition coefficient (Wildman–Crippen LogP) is 2.17. The summed E-state index contributed by atoms with van der Waals surface area (Å²) in [5.41, 5.74) is 1.84. The lowest BCUT2D eigenvalue weighted by atomic mass is 10.1. The smallest absolute Gasteiger partial charge is 0.272 e. The van der Waals surface area contributed by atoms with Crippen molar-refractivity contribution in [2.24, 2.45) is 0 Å². The summed E-state index contributed by atoms with van der Waals surface area (Å²) >= 11 is 0. The summed E-state index contributed by atoms with van der Waals surface area (Å²) in [5.74, 6) is 0.489. The Balaban J connectivity index is 1.82. The van der Waals surface area contributed by atoms with Crippen LogP contribution in [0.15, 0.2) is 30.3 Å². The monoisotopic (exact) mass is 356 g/mol. The van der Waals surface area contributed by atoms with Crippen LogP contribution < -0.4 is 4.74 Å². The number of aromatic nitrogens is 2. The van der Waals surface area contributed by atoms with Gasteiger partial charge in [-0.2, -0.15) is 5.10 Å². The molecule has 0 radical (unpaired) electrons. The molecule has 0 spiro atoms. The molecule has 138 valence electrons. The van der Waals surface area contributed by atoms with Crippen LogP contribution in [0.2, 0.25) is 0 Å². The second-order valence-electron chi connectivity index (χ2n) is 6.19. The van der Waals surface area contributed by atoms with Crippen molar-refractivity contribution in [2.45, 2.75) is 26.8 Å². The van der Waals surface area contributed by atoms with E-state index in [0.717, 1.165) is 11.3 Å². The van der Waals surface area contributed by atoms with Gasteiger partial charge in [-0.15, -0.1) is 0 Å². The Morgan fingerprint density at radius 3 is 2.81 bits per heavy atom. The molecule has 1 N–H and O–H groups in total. The molecule has 1 saturated heterocycles. The molecule has 0 bridgehead atoms. The standard InChI is InChI=1S/C19H24N4O3/c1-4-22-10-11-23(13(3)18(22)24)19(25)16-12-15(20-21-16)14-8-6-7-9-17(14)26-5-2/h6-9,12-13H,4-5,10-11H2,1-3H3,(H,20,21). The number of hydrogen-bond acceptors (Lipinski definition) is 4. The van der Waals surface area contributed by atoms with Gasteiger partial charge in [0.25, 0.3) is 5.91 Å². The molecule has 1 fully saturated rings. The van der Waals surface area contributed by atoms with Gasteiger partial charge in [0.05, 0.1) is 12.3 Å². The van der Waals surface area contributed by atoms with Crippen molar-refractivity contribution in [1.29, 1.82) is 0 Å². The average Bonchev–Trinajstić information content (AvgIpc) is 3.14. The van der Waals surface area contributed by atoms with Crippen molar-refractivity contribution >= 4 is 11.8 Å². The second-order valence-corrected chi connectivity index (χ2v) is 6.19. The number of piperazine rings is 1. The summed E-state index contributed by atoms with van der Waals surface area (Å²) in [6.07, 6.45) is 0. The average molecular weight is 356 g/mol. The molecule has 7 nitrogen and oxygen atoms in total. The molecule has 26 heavy (non-hydrogen) atoms. The van der Waals surface area contributed by atoms with Crippen LogP contribution in [-0.2, 0) is 4.79 Å². The number of carbonyl (C=O) groups is 2. The fourth-order valence-electron chi connectivity index (χ4n) is 3.20. The molecule has 2 aromatic rings. The van der Waals surface area contributed by atoms with Crippen molar-refractivity contribution < 1.29 is 14.3 Å². The molecule has 1 aliphatic heterocycles. The van der Waals surface area contributed by atoms with Crippen LogP contribution in [-0.4, -0.2) is 64.1 Å². The van der Waals surface area contributed by atoms with Crippen molar-refractivity contribution in [3.8, 4) is 17.0 Å². The number of aromatic amines is 1. The first-order valence-electron chi connectivity index (χ1n) is 8.94. The van der Waals surface area contributed by atoms with Gasteiger partial charge >= 0.3 is 0 Å². The fraction of sp³-hybridized carbons (Fsp3) is 0.421. The van der Waals surface area contributed by atoms with Crippen LogP contribution in [0, 0.1) is 0 Å². The molecule has 1 aliphatic rings. The van der Waals surface area contributed by atoms with E-state index in [9.17, 15) is 9.59 Å². The van der Waals surface area contributed by atoms with Gasteiger partial charge in [0.1, 0.15) is 17.5 Å². The molecule has 2 amide bonds. The summed E-state index contributed by atoms with van der Waals surface area (Å²) in [7, 11) is 0. The number of ether oxygens (including phenoxy) is 1. The lowest BCUT2D eigenvalue weighted by Gasteiger charge is -2.38. The number of likely N-dealkylation sites (N-methyl/N-ethyl adjacent to an activating group) is 1. The summed E-state index contributed by atoms with van der Waals surface area (Å²) in [5, 5.41) is 7.08. The van der Waals surface area contributed by atoms with Crippen molar-refractivity contribution in [3.63, 3.8) is 0 Å². The number of nitrogens with zero attached hydrogens (tertiary/aromatic N) is 3. The molecular weight excluding hydrogens is 332 g/mol. The number of amides is 2. The van der Waals surface area contributed by atoms with Crippen LogP contribution >= 0.6 is 0 Å². The van der Waals surface area contributed by atoms with Gasteiger partial charge < -0.3 is 14.5 Å². The van der Waals surface area contributed by atoms with E-state index >= 15 is 0 Å². The summed E-state index contributed by atoms with van der Waals surface area (Å²) in [6.45, 7) is 7.92. The van der Waals surface area contributed by atoms with E-state index in [2.05, 4.69) is 10.2 Å². The lowest BCUT2D eigenvalue weighted by Crippen LogP contribution is -2.57. The van der Waals surface area contributed by atoms with Gasteiger partial charge in [-0.3, -0.25) is 14.7 Å². The van der Waals surface area contributed by atoms with E-state index in [1.54, 1.807) is 22.8 Å². The fourth-order valence-corrected chi connectivity index (χ4v) is 3.20. The number of benzene rings is 1. The Hall–Kier alpha value is -2.83. The normalized spacial score (nSPS) is 17.5. The van der Waals surface area contributed by atoms with E-state index in [0.29, 0.717) is 37.6 Å². The second kappa shape index (κ2) is 7.59. The number of rotatable bonds is 5. The van der Waals surface area contributed by atoms with Crippen molar-refractivity contribution in [1.82, 2.24) is 20.0 Å². The highest BCUT2D eigenvalue weighted by molar-refractivity contribution is 5.97. The number of para-hydroxylation sites is 1. The van der Waals surface area contributed by atoms with Crippen molar-refractivity contribution in [2.75, 3.05) is 26.2 Å². The molecule has 3 rings (SSSR count). The zero-order valence-electron chi connectivity index (χ0n) is 15.4. The van der Waals surface area contributed by atoms with Gasteiger partial charge in [0.2, 0.25) is 5.91 Å².